The zero-order valence-corrected chi connectivity index (χ0v) is 21.3. The molecule has 2 unspecified atom stereocenters. The van der Waals surface area contributed by atoms with E-state index < -0.39 is 0 Å². The predicted molar refractivity (Wildman–Crippen MR) is 153 cm³/mol. The predicted octanol–water partition coefficient (Wildman–Crippen LogP) is 7.69. The summed E-state index contributed by atoms with van der Waals surface area (Å²) in [5, 5.41) is 0. The van der Waals surface area contributed by atoms with E-state index in [-0.39, 0.29) is 17.3 Å². The fourth-order valence-corrected chi connectivity index (χ4v) is 6.73. The molecule has 3 aromatic carbocycles. The van der Waals surface area contributed by atoms with E-state index in [1.54, 1.807) is 0 Å². The first-order valence-electron chi connectivity index (χ1n) is 13.2. The Balaban J connectivity index is 1.43. The molecular weight excluding hydrogens is 464 g/mol. The number of nitrogens with zero attached hydrogens (tertiary/aromatic N) is 4. The summed E-state index contributed by atoms with van der Waals surface area (Å²) in [6.45, 7) is 4.67. The van der Waals surface area contributed by atoms with E-state index in [1.807, 2.05) is 18.6 Å². The molecule has 0 saturated carbocycles. The normalized spacial score (nSPS) is 19.3. The average Bonchev–Trinajstić information content (AvgIpc) is 3.48. The van der Waals surface area contributed by atoms with Crippen molar-refractivity contribution in [1.82, 2.24) is 14.5 Å². The van der Waals surface area contributed by atoms with Gasteiger partial charge in [-0.05, 0) is 46.0 Å². The van der Waals surface area contributed by atoms with Crippen LogP contribution in [0.4, 0.5) is 0 Å². The number of rotatable bonds is 2. The second kappa shape index (κ2) is 7.72. The highest BCUT2D eigenvalue weighted by molar-refractivity contribution is 5.86. The van der Waals surface area contributed by atoms with E-state index in [0.717, 1.165) is 28.3 Å². The Morgan fingerprint density at radius 3 is 2.50 bits per heavy atom. The Bertz CT molecular complexity index is 1810. The summed E-state index contributed by atoms with van der Waals surface area (Å²) in [6.07, 6.45) is 10.1. The van der Waals surface area contributed by atoms with Gasteiger partial charge < -0.3 is 0 Å². The molecule has 0 amide bonds. The van der Waals surface area contributed by atoms with Crippen molar-refractivity contribution in [3.8, 4) is 39.5 Å². The molecule has 0 radical (unpaired) electrons. The molecule has 0 fully saturated rings. The fourth-order valence-electron chi connectivity index (χ4n) is 6.73. The highest BCUT2D eigenvalue weighted by Crippen LogP contribution is 2.52. The van der Waals surface area contributed by atoms with E-state index in [2.05, 4.69) is 120 Å². The highest BCUT2D eigenvalue weighted by atomic mass is 15.1. The van der Waals surface area contributed by atoms with Crippen molar-refractivity contribution in [3.63, 3.8) is 0 Å². The number of pyridine rings is 1. The minimum Gasteiger partial charge on any atom is -0.295 e. The number of imidazole rings is 1. The van der Waals surface area contributed by atoms with Gasteiger partial charge in [-0.2, -0.15) is 0 Å². The summed E-state index contributed by atoms with van der Waals surface area (Å²) in [7, 11) is 0. The van der Waals surface area contributed by atoms with Crippen LogP contribution < -0.4 is 0 Å². The van der Waals surface area contributed by atoms with Gasteiger partial charge in [0.25, 0.3) is 0 Å². The molecule has 4 nitrogen and oxygen atoms in total. The van der Waals surface area contributed by atoms with E-state index in [4.69, 9.17) is 4.98 Å². The van der Waals surface area contributed by atoms with Crippen LogP contribution in [0, 0.1) is 0 Å². The standard InChI is InChI=1S/C34H26N4/c1-34(2)29-11-7-6-10-23(29)24-13-12-22(18-30(24)34)38-32-26-15-17-36-20-28(26)27-19-35-16-14-25(27)31(32)37-33(38)21-8-4-3-5-9-21/h3-20,26,28H,1-2H3. The maximum Gasteiger partial charge on any atom is 0.145 e. The van der Waals surface area contributed by atoms with Gasteiger partial charge in [0.1, 0.15) is 5.82 Å². The summed E-state index contributed by atoms with van der Waals surface area (Å²) in [6, 6.07) is 28.4. The summed E-state index contributed by atoms with van der Waals surface area (Å²) < 4.78 is 2.40. The van der Waals surface area contributed by atoms with Gasteiger partial charge in [-0.1, -0.05) is 80.6 Å². The number of hydrogen-bond donors (Lipinski definition) is 0. The summed E-state index contributed by atoms with van der Waals surface area (Å²) >= 11 is 0. The number of aromatic nitrogens is 3. The van der Waals surface area contributed by atoms with Gasteiger partial charge in [0.2, 0.25) is 0 Å². The van der Waals surface area contributed by atoms with Crippen LogP contribution in [0.25, 0.3) is 39.5 Å². The van der Waals surface area contributed by atoms with E-state index in [9.17, 15) is 0 Å². The molecule has 2 aliphatic carbocycles. The molecule has 0 saturated heterocycles. The van der Waals surface area contributed by atoms with Gasteiger partial charge in [0.15, 0.2) is 0 Å². The van der Waals surface area contributed by atoms with Crippen LogP contribution in [0.5, 0.6) is 0 Å². The molecule has 1 aliphatic heterocycles. The molecule has 4 heteroatoms. The zero-order chi connectivity index (χ0) is 25.4. The molecule has 182 valence electrons. The van der Waals surface area contributed by atoms with Gasteiger partial charge in [-0.25, -0.2) is 4.98 Å². The van der Waals surface area contributed by atoms with Gasteiger partial charge in [-0.15, -0.1) is 0 Å². The van der Waals surface area contributed by atoms with Crippen LogP contribution in [0.3, 0.4) is 0 Å². The first-order chi connectivity index (χ1) is 18.6. The second-order valence-corrected chi connectivity index (χ2v) is 10.9. The monoisotopic (exact) mass is 490 g/mol. The Hall–Kier alpha value is -4.57. The van der Waals surface area contributed by atoms with Crippen molar-refractivity contribution >= 4 is 6.21 Å². The minimum atomic E-state index is -0.0757. The van der Waals surface area contributed by atoms with Crippen molar-refractivity contribution in [1.29, 1.82) is 0 Å². The van der Waals surface area contributed by atoms with Crippen molar-refractivity contribution in [2.75, 3.05) is 0 Å². The lowest BCUT2D eigenvalue weighted by Gasteiger charge is -2.31. The van der Waals surface area contributed by atoms with E-state index in [0.29, 0.717) is 0 Å². The highest BCUT2D eigenvalue weighted by Gasteiger charge is 2.39. The van der Waals surface area contributed by atoms with Crippen LogP contribution >= 0.6 is 0 Å². The SMILES string of the molecule is CC1(C)c2ccccc2-c2ccc(-n3c(-c4ccccc4)nc4c3C3C=CN=CC3c3cnccc3-4)cc21. The average molecular weight is 491 g/mol. The third-order valence-electron chi connectivity index (χ3n) is 8.57. The molecule has 5 aromatic rings. The maximum atomic E-state index is 5.36. The summed E-state index contributed by atoms with van der Waals surface area (Å²) in [5.74, 6) is 1.22. The van der Waals surface area contributed by atoms with Crippen LogP contribution in [-0.4, -0.2) is 20.7 Å². The number of allylic oxidation sites excluding steroid dienone is 1. The fraction of sp³-hybridized carbons (Fsp3) is 0.147. The zero-order valence-electron chi connectivity index (χ0n) is 21.3. The third kappa shape index (κ3) is 2.83. The molecule has 0 N–H and O–H groups in total. The maximum absolute atomic E-state index is 5.36. The van der Waals surface area contributed by atoms with Gasteiger partial charge in [0, 0.05) is 58.9 Å². The van der Waals surface area contributed by atoms with Crippen molar-refractivity contribution in [3.05, 3.63) is 126 Å². The van der Waals surface area contributed by atoms with Crippen LogP contribution in [0.1, 0.15) is 48.1 Å². The van der Waals surface area contributed by atoms with Gasteiger partial charge in [0.05, 0.1) is 11.4 Å². The molecule has 2 aromatic heterocycles. The minimum absolute atomic E-state index is 0.0757. The van der Waals surface area contributed by atoms with Crippen molar-refractivity contribution < 1.29 is 0 Å². The smallest absolute Gasteiger partial charge is 0.145 e. The summed E-state index contributed by atoms with van der Waals surface area (Å²) in [5.41, 5.74) is 12.1. The van der Waals surface area contributed by atoms with Gasteiger partial charge in [-0.3, -0.25) is 14.5 Å². The Labute approximate surface area is 222 Å². The van der Waals surface area contributed by atoms with Crippen molar-refractivity contribution in [2.45, 2.75) is 31.1 Å². The van der Waals surface area contributed by atoms with Crippen LogP contribution in [0.15, 0.2) is 109 Å². The third-order valence-corrected chi connectivity index (χ3v) is 8.57. The van der Waals surface area contributed by atoms with Gasteiger partial charge >= 0.3 is 0 Å². The number of aliphatic imine (C=N–C) groups is 1. The Kier molecular flexibility index (Phi) is 4.37. The molecule has 0 spiro atoms. The van der Waals surface area contributed by atoms with Crippen LogP contribution in [0.2, 0.25) is 0 Å². The number of fused-ring (bicyclic) bond motifs is 9. The topological polar surface area (TPSA) is 43.1 Å². The Morgan fingerprint density at radius 2 is 1.61 bits per heavy atom. The van der Waals surface area contributed by atoms with Crippen molar-refractivity contribution in [2.24, 2.45) is 4.99 Å². The quantitative estimate of drug-likeness (QED) is 0.255. The molecule has 38 heavy (non-hydrogen) atoms. The Morgan fingerprint density at radius 1 is 0.789 bits per heavy atom. The molecule has 3 heterocycles. The lowest BCUT2D eigenvalue weighted by molar-refractivity contribution is 0.658. The molecule has 2 atom stereocenters. The first kappa shape index (κ1) is 21.5. The number of benzene rings is 3. The largest absolute Gasteiger partial charge is 0.295 e. The van der Waals surface area contributed by atoms with E-state index in [1.165, 1.54) is 33.5 Å². The lowest BCUT2D eigenvalue weighted by Crippen LogP contribution is -2.22. The van der Waals surface area contributed by atoms with E-state index >= 15 is 0 Å². The summed E-state index contributed by atoms with van der Waals surface area (Å²) in [4.78, 5) is 14.3. The molecule has 0 bridgehead atoms. The molecule has 3 aliphatic rings. The second-order valence-electron chi connectivity index (χ2n) is 10.9. The first-order valence-corrected chi connectivity index (χ1v) is 13.2. The lowest BCUT2D eigenvalue weighted by atomic mass is 9.76. The molecule has 8 rings (SSSR count). The number of hydrogen-bond acceptors (Lipinski definition) is 3. The van der Waals surface area contributed by atoms with Crippen LogP contribution in [-0.2, 0) is 5.41 Å². The molecular formula is C34H26N4.